The number of fused-ring (bicyclic) bond motifs is 1. The molecular formula is C19H26N8. The normalized spacial score (nSPS) is 22.0. The fourth-order valence-electron chi connectivity index (χ4n) is 4.64. The highest BCUT2D eigenvalue weighted by Gasteiger charge is 2.40. The molecule has 2 aliphatic rings. The van der Waals surface area contributed by atoms with Crippen LogP contribution in [0.1, 0.15) is 37.8 Å². The molecule has 0 bridgehead atoms. The van der Waals surface area contributed by atoms with Gasteiger partial charge in [-0.25, -0.2) is 4.52 Å². The van der Waals surface area contributed by atoms with Crippen LogP contribution in [-0.2, 0) is 0 Å². The van der Waals surface area contributed by atoms with Crippen LogP contribution in [0.15, 0.2) is 24.4 Å². The molecule has 4 heterocycles. The molecule has 4 N–H and O–H groups in total. The summed E-state index contributed by atoms with van der Waals surface area (Å²) >= 11 is 0. The molecule has 0 aromatic carbocycles. The standard InChI is InChI=1S/C19H26N8/c1-13-11-16(24-23-13)21-17-15-3-2-8-27(15)25-18(22-17)26-9-6-19(7-10-26)5-4-14(20)12-19/h2-3,8,11,14H,4-7,9-10,12,20H2,1H3,(H2,21,22,23,24,25). The van der Waals surface area contributed by atoms with Gasteiger partial charge in [0.15, 0.2) is 11.6 Å². The van der Waals surface area contributed by atoms with Crippen molar-refractivity contribution in [2.45, 2.75) is 45.1 Å². The summed E-state index contributed by atoms with van der Waals surface area (Å²) in [7, 11) is 0. The second kappa shape index (κ2) is 6.23. The molecule has 0 radical (unpaired) electrons. The van der Waals surface area contributed by atoms with Gasteiger partial charge in [-0.3, -0.25) is 5.10 Å². The predicted molar refractivity (Wildman–Crippen MR) is 105 cm³/mol. The monoisotopic (exact) mass is 366 g/mol. The molecule has 0 amide bonds. The third kappa shape index (κ3) is 3.03. The smallest absolute Gasteiger partial charge is 0.245 e. The number of aromatic amines is 1. The van der Waals surface area contributed by atoms with Gasteiger partial charge in [0.05, 0.1) is 0 Å². The molecule has 8 nitrogen and oxygen atoms in total. The van der Waals surface area contributed by atoms with Gasteiger partial charge in [0.2, 0.25) is 5.95 Å². The molecule has 1 saturated carbocycles. The van der Waals surface area contributed by atoms with E-state index in [2.05, 4.69) is 20.4 Å². The van der Waals surface area contributed by atoms with E-state index in [0.717, 1.165) is 41.9 Å². The number of rotatable bonds is 3. The quantitative estimate of drug-likeness (QED) is 0.659. The zero-order valence-corrected chi connectivity index (χ0v) is 15.6. The molecule has 1 atom stereocenters. The Hall–Kier alpha value is -2.61. The van der Waals surface area contributed by atoms with Crippen LogP contribution in [0.5, 0.6) is 0 Å². The van der Waals surface area contributed by atoms with Gasteiger partial charge in [-0.1, -0.05) is 0 Å². The Morgan fingerprint density at radius 1 is 1.30 bits per heavy atom. The van der Waals surface area contributed by atoms with Crippen LogP contribution >= 0.6 is 0 Å². The lowest BCUT2D eigenvalue weighted by Crippen LogP contribution is -2.40. The van der Waals surface area contributed by atoms with E-state index in [1.54, 1.807) is 0 Å². The van der Waals surface area contributed by atoms with Gasteiger partial charge in [-0.05, 0) is 56.6 Å². The van der Waals surface area contributed by atoms with Crippen LogP contribution in [0.4, 0.5) is 17.6 Å². The molecule has 3 aromatic rings. The number of hydrogen-bond acceptors (Lipinski definition) is 6. The molecular weight excluding hydrogens is 340 g/mol. The van der Waals surface area contributed by atoms with Crippen molar-refractivity contribution in [3.63, 3.8) is 0 Å². The van der Waals surface area contributed by atoms with Crippen molar-refractivity contribution in [3.8, 4) is 0 Å². The van der Waals surface area contributed by atoms with Gasteiger partial charge in [0.25, 0.3) is 0 Å². The average Bonchev–Trinajstić information content (AvgIpc) is 3.37. The molecule has 2 fully saturated rings. The van der Waals surface area contributed by atoms with Crippen molar-refractivity contribution in [1.82, 2.24) is 24.8 Å². The summed E-state index contributed by atoms with van der Waals surface area (Å²) in [6.45, 7) is 3.95. The SMILES string of the molecule is Cc1cc(Nc2nc(N3CCC4(CCC(N)C4)CC3)nn3cccc23)n[nH]1. The summed E-state index contributed by atoms with van der Waals surface area (Å²) in [4.78, 5) is 7.14. The molecule has 142 valence electrons. The van der Waals surface area contributed by atoms with Gasteiger partial charge in [-0.15, -0.1) is 5.10 Å². The first-order valence-corrected chi connectivity index (χ1v) is 9.75. The number of nitrogens with zero attached hydrogens (tertiary/aromatic N) is 5. The van der Waals surface area contributed by atoms with Crippen LogP contribution in [0.2, 0.25) is 0 Å². The van der Waals surface area contributed by atoms with Gasteiger partial charge in [0.1, 0.15) is 5.52 Å². The van der Waals surface area contributed by atoms with Gasteiger partial charge in [-0.2, -0.15) is 10.1 Å². The highest BCUT2D eigenvalue weighted by molar-refractivity contribution is 5.73. The summed E-state index contributed by atoms with van der Waals surface area (Å²) < 4.78 is 1.89. The largest absolute Gasteiger partial charge is 0.339 e. The van der Waals surface area contributed by atoms with Crippen molar-refractivity contribution in [2.24, 2.45) is 11.1 Å². The lowest BCUT2D eigenvalue weighted by Gasteiger charge is -2.39. The van der Waals surface area contributed by atoms with Gasteiger partial charge in [0, 0.05) is 37.1 Å². The van der Waals surface area contributed by atoms with Crippen molar-refractivity contribution in [2.75, 3.05) is 23.3 Å². The minimum atomic E-state index is 0.386. The third-order valence-corrected chi connectivity index (χ3v) is 6.18. The molecule has 1 saturated heterocycles. The maximum absolute atomic E-state index is 6.17. The first kappa shape index (κ1) is 16.6. The molecule has 8 heteroatoms. The van der Waals surface area contributed by atoms with Crippen LogP contribution in [0.3, 0.4) is 0 Å². The second-order valence-electron chi connectivity index (χ2n) is 8.15. The topological polar surface area (TPSA) is 100 Å². The molecule has 1 unspecified atom stereocenters. The van der Waals surface area contributed by atoms with Crippen LogP contribution in [-0.4, -0.2) is 43.9 Å². The van der Waals surface area contributed by atoms with E-state index in [-0.39, 0.29) is 0 Å². The summed E-state index contributed by atoms with van der Waals surface area (Å²) in [6, 6.07) is 6.35. The molecule has 5 rings (SSSR count). The Morgan fingerprint density at radius 2 is 2.15 bits per heavy atom. The van der Waals surface area contributed by atoms with Crippen LogP contribution in [0, 0.1) is 12.3 Å². The summed E-state index contributed by atoms with van der Waals surface area (Å²) in [6.07, 6.45) is 7.92. The zero-order valence-electron chi connectivity index (χ0n) is 15.6. The average molecular weight is 366 g/mol. The van der Waals surface area contributed by atoms with E-state index in [1.165, 1.54) is 32.1 Å². The van der Waals surface area contributed by atoms with E-state index >= 15 is 0 Å². The van der Waals surface area contributed by atoms with Gasteiger partial charge < -0.3 is 16.0 Å². The van der Waals surface area contributed by atoms with Crippen molar-refractivity contribution < 1.29 is 0 Å². The summed E-state index contributed by atoms with van der Waals surface area (Å²) in [5.41, 5.74) is 8.57. The Morgan fingerprint density at radius 3 is 2.85 bits per heavy atom. The first-order chi connectivity index (χ1) is 13.1. The lowest BCUT2D eigenvalue weighted by molar-refractivity contribution is 0.222. The Bertz CT molecular complexity index is 950. The van der Waals surface area contributed by atoms with E-state index in [4.69, 9.17) is 15.8 Å². The molecule has 1 aliphatic carbocycles. The Labute approximate surface area is 158 Å². The zero-order chi connectivity index (χ0) is 18.4. The van der Waals surface area contributed by atoms with Crippen LogP contribution in [0.25, 0.3) is 5.52 Å². The summed E-state index contributed by atoms with van der Waals surface area (Å²) in [5.74, 6) is 2.31. The Balaban J connectivity index is 1.41. The second-order valence-corrected chi connectivity index (χ2v) is 8.15. The number of hydrogen-bond donors (Lipinski definition) is 3. The molecule has 1 spiro atoms. The van der Waals surface area contributed by atoms with E-state index in [1.807, 2.05) is 35.8 Å². The number of nitrogens with one attached hydrogen (secondary N) is 2. The lowest BCUT2D eigenvalue weighted by atomic mass is 9.77. The van der Waals surface area contributed by atoms with Crippen molar-refractivity contribution >= 4 is 23.1 Å². The minimum absolute atomic E-state index is 0.386. The van der Waals surface area contributed by atoms with Gasteiger partial charge >= 0.3 is 0 Å². The predicted octanol–water partition coefficient (Wildman–Crippen LogP) is 2.60. The first-order valence-electron chi connectivity index (χ1n) is 9.75. The maximum Gasteiger partial charge on any atom is 0.245 e. The number of piperidine rings is 1. The van der Waals surface area contributed by atoms with Crippen molar-refractivity contribution in [3.05, 3.63) is 30.1 Å². The van der Waals surface area contributed by atoms with E-state index in [9.17, 15) is 0 Å². The number of aryl methyl sites for hydroxylation is 1. The fourth-order valence-corrected chi connectivity index (χ4v) is 4.64. The minimum Gasteiger partial charge on any atom is -0.339 e. The van der Waals surface area contributed by atoms with Crippen molar-refractivity contribution in [1.29, 1.82) is 0 Å². The molecule has 27 heavy (non-hydrogen) atoms. The number of aromatic nitrogens is 5. The highest BCUT2D eigenvalue weighted by atomic mass is 15.4. The molecule has 3 aromatic heterocycles. The highest BCUT2D eigenvalue weighted by Crippen LogP contribution is 2.46. The van der Waals surface area contributed by atoms with E-state index < -0.39 is 0 Å². The maximum atomic E-state index is 6.17. The summed E-state index contributed by atoms with van der Waals surface area (Å²) in [5, 5.41) is 15.3. The Kier molecular flexibility index (Phi) is 3.82. The van der Waals surface area contributed by atoms with E-state index in [0.29, 0.717) is 11.5 Å². The van der Waals surface area contributed by atoms with Crippen LogP contribution < -0.4 is 16.0 Å². The number of nitrogens with two attached hydrogens (primary N) is 1. The fraction of sp³-hybridized carbons (Fsp3) is 0.526. The third-order valence-electron chi connectivity index (χ3n) is 6.18. The number of H-pyrrole nitrogens is 1. The molecule has 1 aliphatic heterocycles. The number of anilines is 3.